The van der Waals surface area contributed by atoms with Crippen LogP contribution in [0.15, 0.2) is 34.8 Å². The van der Waals surface area contributed by atoms with E-state index in [1.54, 1.807) is 0 Å². The first-order valence-electron chi connectivity index (χ1n) is 6.29. The minimum atomic E-state index is 0.0764. The lowest BCUT2D eigenvalue weighted by molar-refractivity contribution is 0.103. The number of benzene rings is 2. The number of ketones is 1. The van der Waals surface area contributed by atoms with Crippen molar-refractivity contribution in [1.82, 2.24) is 0 Å². The van der Waals surface area contributed by atoms with Crippen molar-refractivity contribution in [3.05, 3.63) is 68.2 Å². The van der Waals surface area contributed by atoms with E-state index < -0.39 is 0 Å². The number of hydrogen-bond acceptors (Lipinski definition) is 1. The molecular weight excluding hydrogens is 300 g/mol. The van der Waals surface area contributed by atoms with E-state index in [9.17, 15) is 4.79 Å². The molecule has 2 aromatic carbocycles. The highest BCUT2D eigenvalue weighted by Gasteiger charge is 2.15. The second-order valence-corrected chi connectivity index (χ2v) is 5.92. The Morgan fingerprint density at radius 3 is 2.11 bits per heavy atom. The molecule has 1 nitrogen and oxygen atoms in total. The lowest BCUT2D eigenvalue weighted by Gasteiger charge is -2.10. The maximum absolute atomic E-state index is 12.6. The van der Waals surface area contributed by atoms with Crippen molar-refractivity contribution in [1.29, 1.82) is 0 Å². The molecule has 0 aliphatic heterocycles. The summed E-state index contributed by atoms with van der Waals surface area (Å²) in [6.45, 7) is 8.11. The molecular formula is C17H17BrO. The molecule has 98 valence electrons. The standard InChI is InChI=1S/C17H17BrO/c1-10-5-6-14(16(18)7-10)17(19)15-9-12(3)11(2)8-13(15)4/h5-9H,1-4H3. The molecule has 0 unspecified atom stereocenters. The molecule has 0 atom stereocenters. The highest BCUT2D eigenvalue weighted by atomic mass is 79.9. The van der Waals surface area contributed by atoms with E-state index in [0.29, 0.717) is 0 Å². The van der Waals surface area contributed by atoms with Crippen molar-refractivity contribution in [3.8, 4) is 0 Å². The smallest absolute Gasteiger partial charge is 0.194 e. The van der Waals surface area contributed by atoms with Gasteiger partial charge in [-0.25, -0.2) is 0 Å². The van der Waals surface area contributed by atoms with Crippen molar-refractivity contribution < 1.29 is 4.79 Å². The van der Waals surface area contributed by atoms with E-state index >= 15 is 0 Å². The van der Waals surface area contributed by atoms with E-state index in [1.807, 2.05) is 45.0 Å². The normalized spacial score (nSPS) is 10.6. The first-order valence-corrected chi connectivity index (χ1v) is 7.08. The Kier molecular flexibility index (Phi) is 3.91. The van der Waals surface area contributed by atoms with Gasteiger partial charge in [-0.1, -0.05) is 28.1 Å². The Morgan fingerprint density at radius 2 is 1.47 bits per heavy atom. The number of rotatable bonds is 2. The van der Waals surface area contributed by atoms with Gasteiger partial charge in [-0.05, 0) is 68.1 Å². The fraction of sp³-hybridized carbons (Fsp3) is 0.235. The van der Waals surface area contributed by atoms with Crippen molar-refractivity contribution in [2.75, 3.05) is 0 Å². The molecule has 0 spiro atoms. The second kappa shape index (κ2) is 5.30. The third kappa shape index (κ3) is 2.79. The summed E-state index contributed by atoms with van der Waals surface area (Å²) in [6, 6.07) is 9.89. The van der Waals surface area contributed by atoms with Crippen molar-refractivity contribution in [3.63, 3.8) is 0 Å². The third-order valence-corrected chi connectivity index (χ3v) is 4.11. The van der Waals surface area contributed by atoms with Crippen LogP contribution in [0.4, 0.5) is 0 Å². The van der Waals surface area contributed by atoms with Crippen LogP contribution in [-0.2, 0) is 0 Å². The van der Waals surface area contributed by atoms with Gasteiger partial charge in [-0.3, -0.25) is 4.79 Å². The zero-order chi connectivity index (χ0) is 14.2. The number of halogens is 1. The van der Waals surface area contributed by atoms with Crippen LogP contribution >= 0.6 is 15.9 Å². The summed E-state index contributed by atoms with van der Waals surface area (Å²) in [5.74, 6) is 0.0764. The summed E-state index contributed by atoms with van der Waals surface area (Å²) < 4.78 is 0.857. The van der Waals surface area contributed by atoms with E-state index in [-0.39, 0.29) is 5.78 Å². The van der Waals surface area contributed by atoms with Crippen LogP contribution in [0.25, 0.3) is 0 Å². The topological polar surface area (TPSA) is 17.1 Å². The molecule has 2 aromatic rings. The van der Waals surface area contributed by atoms with Crippen LogP contribution in [0.3, 0.4) is 0 Å². The summed E-state index contributed by atoms with van der Waals surface area (Å²) in [5.41, 5.74) is 6.04. The number of carbonyl (C=O) groups is 1. The zero-order valence-corrected chi connectivity index (χ0v) is 13.3. The maximum Gasteiger partial charge on any atom is 0.194 e. The van der Waals surface area contributed by atoms with Crippen LogP contribution in [0.2, 0.25) is 0 Å². The molecule has 2 rings (SSSR count). The van der Waals surface area contributed by atoms with E-state index in [1.165, 1.54) is 5.56 Å². The fourth-order valence-corrected chi connectivity index (χ4v) is 2.83. The molecule has 2 heteroatoms. The largest absolute Gasteiger partial charge is 0.289 e. The van der Waals surface area contributed by atoms with E-state index in [2.05, 4.69) is 28.9 Å². The molecule has 0 aromatic heterocycles. The summed E-state index contributed by atoms with van der Waals surface area (Å²) in [6.07, 6.45) is 0. The van der Waals surface area contributed by atoms with E-state index in [0.717, 1.165) is 32.3 Å². The Bertz CT molecular complexity index is 657. The van der Waals surface area contributed by atoms with Crippen LogP contribution in [0.1, 0.15) is 38.2 Å². The van der Waals surface area contributed by atoms with E-state index in [4.69, 9.17) is 0 Å². The SMILES string of the molecule is Cc1ccc(C(=O)c2cc(C)c(C)cc2C)c(Br)c1. The van der Waals surface area contributed by atoms with Gasteiger partial charge in [-0.2, -0.15) is 0 Å². The predicted octanol–water partition coefficient (Wildman–Crippen LogP) is 4.91. The highest BCUT2D eigenvalue weighted by Crippen LogP contribution is 2.24. The van der Waals surface area contributed by atoms with Crippen molar-refractivity contribution in [2.45, 2.75) is 27.7 Å². The maximum atomic E-state index is 12.6. The highest BCUT2D eigenvalue weighted by molar-refractivity contribution is 9.10. The van der Waals surface area contributed by atoms with Crippen LogP contribution < -0.4 is 0 Å². The molecule has 0 fully saturated rings. The number of carbonyl (C=O) groups excluding carboxylic acids is 1. The number of aryl methyl sites for hydroxylation is 4. The van der Waals surface area contributed by atoms with Crippen molar-refractivity contribution in [2.24, 2.45) is 0 Å². The Balaban J connectivity index is 2.53. The van der Waals surface area contributed by atoms with Crippen LogP contribution in [0, 0.1) is 27.7 Å². The summed E-state index contributed by atoms with van der Waals surface area (Å²) in [7, 11) is 0. The lowest BCUT2D eigenvalue weighted by Crippen LogP contribution is -2.06. The fourth-order valence-electron chi connectivity index (χ4n) is 2.15. The third-order valence-electron chi connectivity index (χ3n) is 3.45. The first-order chi connectivity index (χ1) is 8.90. The second-order valence-electron chi connectivity index (χ2n) is 5.06. The molecule has 0 saturated heterocycles. The Morgan fingerprint density at radius 1 is 0.842 bits per heavy atom. The molecule has 0 saturated carbocycles. The summed E-state index contributed by atoms with van der Waals surface area (Å²) >= 11 is 3.48. The van der Waals surface area contributed by atoms with Gasteiger partial charge in [0, 0.05) is 15.6 Å². The van der Waals surface area contributed by atoms with Gasteiger partial charge in [0.2, 0.25) is 0 Å². The summed E-state index contributed by atoms with van der Waals surface area (Å²) in [5, 5.41) is 0. The zero-order valence-electron chi connectivity index (χ0n) is 11.7. The van der Waals surface area contributed by atoms with Crippen molar-refractivity contribution >= 4 is 21.7 Å². The molecule has 19 heavy (non-hydrogen) atoms. The van der Waals surface area contributed by atoms with Gasteiger partial charge >= 0.3 is 0 Å². The molecule has 0 bridgehead atoms. The molecule has 0 aliphatic rings. The van der Waals surface area contributed by atoms with Crippen LogP contribution in [0.5, 0.6) is 0 Å². The van der Waals surface area contributed by atoms with Gasteiger partial charge in [0.1, 0.15) is 0 Å². The quantitative estimate of drug-likeness (QED) is 0.719. The average Bonchev–Trinajstić information content (AvgIpc) is 2.33. The molecule has 0 N–H and O–H groups in total. The first kappa shape index (κ1) is 14.0. The minimum absolute atomic E-state index is 0.0764. The monoisotopic (exact) mass is 316 g/mol. The van der Waals surface area contributed by atoms with Gasteiger partial charge < -0.3 is 0 Å². The Hall–Kier alpha value is -1.41. The van der Waals surface area contributed by atoms with Crippen LogP contribution in [-0.4, -0.2) is 5.78 Å². The molecule has 0 amide bonds. The number of hydrogen-bond donors (Lipinski definition) is 0. The van der Waals surface area contributed by atoms with Gasteiger partial charge in [-0.15, -0.1) is 0 Å². The predicted molar refractivity (Wildman–Crippen MR) is 83.0 cm³/mol. The molecule has 0 radical (unpaired) electrons. The summed E-state index contributed by atoms with van der Waals surface area (Å²) in [4.78, 5) is 12.6. The van der Waals surface area contributed by atoms with Gasteiger partial charge in [0.05, 0.1) is 0 Å². The Labute approximate surface area is 122 Å². The molecule has 0 aliphatic carbocycles. The lowest BCUT2D eigenvalue weighted by atomic mass is 9.94. The van der Waals surface area contributed by atoms with Gasteiger partial charge in [0.15, 0.2) is 5.78 Å². The van der Waals surface area contributed by atoms with Gasteiger partial charge in [0.25, 0.3) is 0 Å². The molecule has 0 heterocycles. The minimum Gasteiger partial charge on any atom is -0.289 e. The average molecular weight is 317 g/mol.